The van der Waals surface area contributed by atoms with Crippen LogP contribution >= 0.6 is 11.6 Å². The Balaban J connectivity index is 1.30. The van der Waals surface area contributed by atoms with E-state index in [1.807, 2.05) is 0 Å². The summed E-state index contributed by atoms with van der Waals surface area (Å²) >= 11 is 7.47. The van der Waals surface area contributed by atoms with Crippen molar-refractivity contribution < 1.29 is 0 Å². The predicted molar refractivity (Wildman–Crippen MR) is 210 cm³/mol. The number of anilines is 3. The van der Waals surface area contributed by atoms with E-state index in [0.717, 1.165) is 22.1 Å². The van der Waals surface area contributed by atoms with Crippen molar-refractivity contribution in [2.24, 2.45) is 0 Å². The van der Waals surface area contributed by atoms with Crippen LogP contribution < -0.4 is 4.90 Å². The number of hydrogen-bond acceptors (Lipinski definition) is 1. The van der Waals surface area contributed by atoms with Crippen LogP contribution in [0.15, 0.2) is 158 Å². The lowest BCUT2D eigenvalue weighted by Gasteiger charge is -2.31. The van der Waals surface area contributed by atoms with Crippen molar-refractivity contribution in [2.75, 3.05) is 4.90 Å². The first kappa shape index (κ1) is 28.4. The molecule has 0 spiro atoms. The smallest absolute Gasteiger partial charge is 0.0653 e. The van der Waals surface area contributed by atoms with Gasteiger partial charge in [-0.15, -0.1) is 0 Å². The summed E-state index contributed by atoms with van der Waals surface area (Å²) in [5, 5.41) is 10.8. The van der Waals surface area contributed by atoms with Crippen LogP contribution in [0.1, 0.15) is 25.0 Å². The Hall–Kier alpha value is -5.63. The van der Waals surface area contributed by atoms with E-state index in [2.05, 4.69) is 176 Å². The minimum absolute atomic E-state index is 0.163. The molecule has 0 fully saturated rings. The Morgan fingerprint density at radius 3 is 1.84 bits per heavy atom. The summed E-state index contributed by atoms with van der Waals surface area (Å²) in [6.45, 7) is 4.66. The van der Waals surface area contributed by atoms with Crippen molar-refractivity contribution in [3.8, 4) is 22.3 Å². The topological polar surface area (TPSA) is 3.24 Å². The van der Waals surface area contributed by atoms with Crippen molar-refractivity contribution in [3.63, 3.8) is 0 Å². The fraction of sp³-hybridized carbons (Fsp3) is 0.0638. The predicted octanol–water partition coefficient (Wildman–Crippen LogP) is 13.8. The second kappa shape index (κ2) is 10.4. The largest absolute Gasteiger partial charge is 0.308 e. The second-order valence-corrected chi connectivity index (χ2v) is 14.2. The van der Waals surface area contributed by atoms with E-state index in [4.69, 9.17) is 11.6 Å². The monoisotopic (exact) mass is 645 g/mol. The van der Waals surface area contributed by atoms with Crippen LogP contribution in [0.5, 0.6) is 0 Å². The zero-order valence-electron chi connectivity index (χ0n) is 27.3. The molecular formula is C47H32ClN. The highest BCUT2D eigenvalue weighted by Crippen LogP contribution is 2.54. The van der Waals surface area contributed by atoms with Crippen molar-refractivity contribution in [2.45, 2.75) is 19.3 Å². The number of rotatable bonds is 4. The highest BCUT2D eigenvalue weighted by Gasteiger charge is 2.37. The van der Waals surface area contributed by atoms with Crippen LogP contribution in [0.4, 0.5) is 17.1 Å². The van der Waals surface area contributed by atoms with Crippen molar-refractivity contribution >= 4 is 71.8 Å². The van der Waals surface area contributed by atoms with Gasteiger partial charge in [0.05, 0.1) is 16.4 Å². The Kier molecular flexibility index (Phi) is 6.04. The summed E-state index contributed by atoms with van der Waals surface area (Å²) in [6, 6.07) is 57.5. The third-order valence-corrected chi connectivity index (χ3v) is 11.2. The molecule has 9 aromatic rings. The number of benzene rings is 9. The van der Waals surface area contributed by atoms with E-state index in [1.165, 1.54) is 76.5 Å². The molecule has 10 rings (SSSR count). The van der Waals surface area contributed by atoms with Gasteiger partial charge < -0.3 is 4.90 Å². The van der Waals surface area contributed by atoms with E-state index in [-0.39, 0.29) is 5.41 Å². The Bertz CT molecular complexity index is 2740. The molecule has 0 amide bonds. The summed E-state index contributed by atoms with van der Waals surface area (Å²) in [5.41, 5.74) is 10.5. The summed E-state index contributed by atoms with van der Waals surface area (Å²) < 4.78 is 0. The van der Waals surface area contributed by atoms with E-state index in [0.29, 0.717) is 0 Å². The van der Waals surface area contributed by atoms with Gasteiger partial charge in [-0.25, -0.2) is 0 Å². The summed E-state index contributed by atoms with van der Waals surface area (Å²) in [4.78, 5) is 2.40. The van der Waals surface area contributed by atoms with Crippen molar-refractivity contribution in [1.82, 2.24) is 0 Å². The molecule has 0 atom stereocenters. The van der Waals surface area contributed by atoms with Gasteiger partial charge in [-0.3, -0.25) is 0 Å². The third kappa shape index (κ3) is 4.06. The first-order valence-corrected chi connectivity index (χ1v) is 17.3. The average Bonchev–Trinajstić information content (AvgIpc) is 3.36. The molecule has 0 radical (unpaired) electrons. The van der Waals surface area contributed by atoms with E-state index < -0.39 is 0 Å². The molecule has 0 saturated carbocycles. The van der Waals surface area contributed by atoms with Crippen molar-refractivity contribution in [1.29, 1.82) is 0 Å². The fourth-order valence-electron chi connectivity index (χ4n) is 8.55. The van der Waals surface area contributed by atoms with Gasteiger partial charge >= 0.3 is 0 Å². The van der Waals surface area contributed by atoms with Crippen LogP contribution in [0.3, 0.4) is 0 Å². The number of halogens is 1. The highest BCUT2D eigenvalue weighted by molar-refractivity contribution is 6.37. The zero-order valence-corrected chi connectivity index (χ0v) is 28.1. The Morgan fingerprint density at radius 2 is 1.08 bits per heavy atom. The molecule has 49 heavy (non-hydrogen) atoms. The lowest BCUT2D eigenvalue weighted by Crippen LogP contribution is -2.17. The normalized spacial score (nSPS) is 13.4. The maximum Gasteiger partial charge on any atom is 0.0653 e. The fourth-order valence-corrected chi connectivity index (χ4v) is 8.80. The van der Waals surface area contributed by atoms with E-state index >= 15 is 0 Å². The van der Waals surface area contributed by atoms with Crippen LogP contribution in [0.2, 0.25) is 5.02 Å². The van der Waals surface area contributed by atoms with Crippen LogP contribution in [0.25, 0.3) is 65.3 Å². The molecule has 1 nitrogen and oxygen atoms in total. The molecule has 0 unspecified atom stereocenters. The molecule has 232 valence electrons. The maximum absolute atomic E-state index is 7.47. The first-order valence-electron chi connectivity index (χ1n) is 17.0. The van der Waals surface area contributed by atoms with Crippen LogP contribution in [-0.4, -0.2) is 0 Å². The van der Waals surface area contributed by atoms with Gasteiger partial charge in [-0.2, -0.15) is 0 Å². The summed E-state index contributed by atoms with van der Waals surface area (Å²) in [6.07, 6.45) is 0. The average molecular weight is 646 g/mol. The molecule has 1 aliphatic rings. The molecule has 0 aliphatic heterocycles. The van der Waals surface area contributed by atoms with Gasteiger partial charge in [0, 0.05) is 16.5 Å². The molecule has 0 heterocycles. The standard InChI is InChI=1S/C47H32ClN/c1-47(2)39-20-7-6-16-34(39)38-27-41(48)43(28-40(38)47)49(33-24-21-30(22-25-33)29-11-4-3-5-12-29)42-26-23-32-15-9-18-36-35-17-8-13-31-14-10-19-37(44(31)35)46(42)45(32)36/h3-28H,1-2H3. The molecular weight excluding hydrogens is 614 g/mol. The number of hydrogen-bond donors (Lipinski definition) is 0. The maximum atomic E-state index is 7.47. The van der Waals surface area contributed by atoms with Gasteiger partial charge in [0.25, 0.3) is 0 Å². The minimum atomic E-state index is -0.163. The van der Waals surface area contributed by atoms with Crippen molar-refractivity contribution in [3.05, 3.63) is 174 Å². The number of fused-ring (bicyclic) bond motifs is 5. The molecule has 2 heteroatoms. The Morgan fingerprint density at radius 1 is 0.449 bits per heavy atom. The molecule has 0 N–H and O–H groups in total. The quantitative estimate of drug-likeness (QED) is 0.136. The minimum Gasteiger partial charge on any atom is -0.308 e. The zero-order chi connectivity index (χ0) is 32.9. The highest BCUT2D eigenvalue weighted by atomic mass is 35.5. The molecule has 1 aliphatic carbocycles. The van der Waals surface area contributed by atoms with Gasteiger partial charge in [0.2, 0.25) is 0 Å². The van der Waals surface area contributed by atoms with Gasteiger partial charge in [0.15, 0.2) is 0 Å². The molecule has 0 bridgehead atoms. The first-order chi connectivity index (χ1) is 24.0. The van der Waals surface area contributed by atoms with Crippen LogP contribution in [-0.2, 0) is 5.41 Å². The number of nitrogens with zero attached hydrogens (tertiary/aromatic N) is 1. The van der Waals surface area contributed by atoms with E-state index in [9.17, 15) is 0 Å². The van der Waals surface area contributed by atoms with E-state index in [1.54, 1.807) is 0 Å². The summed E-state index contributed by atoms with van der Waals surface area (Å²) in [5.74, 6) is 0. The molecule has 9 aromatic carbocycles. The third-order valence-electron chi connectivity index (χ3n) is 10.9. The van der Waals surface area contributed by atoms with Gasteiger partial charge in [-0.1, -0.05) is 153 Å². The second-order valence-electron chi connectivity index (χ2n) is 13.8. The SMILES string of the molecule is CC1(C)c2ccccc2-c2cc(Cl)c(N(c3ccc(-c4ccccc4)cc3)c3ccc4cccc5c6cccc7cccc(c3c45)c76)cc21. The Labute approximate surface area is 291 Å². The van der Waals surface area contributed by atoms with Gasteiger partial charge in [-0.05, 0) is 101 Å². The van der Waals surface area contributed by atoms with Gasteiger partial charge in [0.1, 0.15) is 0 Å². The van der Waals surface area contributed by atoms with Crippen LogP contribution in [0, 0.1) is 0 Å². The molecule has 0 aromatic heterocycles. The lowest BCUT2D eigenvalue weighted by molar-refractivity contribution is 0.660. The summed E-state index contributed by atoms with van der Waals surface area (Å²) in [7, 11) is 0. The molecule has 0 saturated heterocycles. The lowest BCUT2D eigenvalue weighted by atomic mass is 9.82.